The summed E-state index contributed by atoms with van der Waals surface area (Å²) < 4.78 is 5.73. The molecule has 0 saturated heterocycles. The van der Waals surface area contributed by atoms with E-state index in [0.717, 1.165) is 23.2 Å². The van der Waals surface area contributed by atoms with E-state index in [-0.39, 0.29) is 6.04 Å². The lowest BCUT2D eigenvalue weighted by molar-refractivity contribution is 0.388. The number of hydrogen-bond acceptors (Lipinski definition) is 2. The van der Waals surface area contributed by atoms with Gasteiger partial charge in [0.05, 0.1) is 6.04 Å². The summed E-state index contributed by atoms with van der Waals surface area (Å²) in [6.45, 7) is 4.30. The topological polar surface area (TPSA) is 39.2 Å². The van der Waals surface area contributed by atoms with Crippen molar-refractivity contribution in [3.63, 3.8) is 0 Å². The predicted octanol–water partition coefficient (Wildman–Crippen LogP) is 3.48. The van der Waals surface area contributed by atoms with E-state index < -0.39 is 0 Å². The quantitative estimate of drug-likeness (QED) is 0.829. The second kappa shape index (κ2) is 4.07. The lowest BCUT2D eigenvalue weighted by Crippen LogP contribution is -2.17. The van der Waals surface area contributed by atoms with Crippen LogP contribution in [0.25, 0.3) is 11.0 Å². The molecule has 2 N–H and O–H groups in total. The average molecular weight is 203 g/mol. The van der Waals surface area contributed by atoms with E-state index in [4.69, 9.17) is 10.2 Å². The highest BCUT2D eigenvalue weighted by atomic mass is 16.3. The number of fused-ring (bicyclic) bond motifs is 1. The predicted molar refractivity (Wildman–Crippen MR) is 62.6 cm³/mol. The molecule has 1 unspecified atom stereocenters. The first kappa shape index (κ1) is 10.2. The molecule has 0 spiro atoms. The fourth-order valence-corrected chi connectivity index (χ4v) is 1.70. The van der Waals surface area contributed by atoms with Crippen molar-refractivity contribution >= 4 is 11.0 Å². The normalized spacial score (nSPS) is 15.4. The Morgan fingerprint density at radius 3 is 2.73 bits per heavy atom. The maximum atomic E-state index is 6.12. The Morgan fingerprint density at radius 1 is 1.33 bits per heavy atom. The van der Waals surface area contributed by atoms with Gasteiger partial charge in [0.15, 0.2) is 0 Å². The summed E-state index contributed by atoms with van der Waals surface area (Å²) >= 11 is 0. The first-order valence-corrected chi connectivity index (χ1v) is 5.46. The molecule has 2 rings (SSSR count). The zero-order chi connectivity index (χ0) is 10.8. The molecule has 80 valence electrons. The molecule has 2 heteroatoms. The van der Waals surface area contributed by atoms with Gasteiger partial charge in [0, 0.05) is 5.39 Å². The molecule has 0 bridgehead atoms. The number of benzene rings is 1. The molecule has 0 aliphatic heterocycles. The van der Waals surface area contributed by atoms with Crippen molar-refractivity contribution in [1.82, 2.24) is 0 Å². The highest BCUT2D eigenvalue weighted by Crippen LogP contribution is 2.27. The van der Waals surface area contributed by atoms with Gasteiger partial charge >= 0.3 is 0 Å². The van der Waals surface area contributed by atoms with Gasteiger partial charge in [-0.05, 0) is 18.1 Å². The third-order valence-corrected chi connectivity index (χ3v) is 3.03. The molecule has 0 aliphatic rings. The first-order chi connectivity index (χ1) is 7.22. The van der Waals surface area contributed by atoms with Crippen LogP contribution in [0.15, 0.2) is 34.7 Å². The summed E-state index contributed by atoms with van der Waals surface area (Å²) in [5.41, 5.74) is 7.04. The van der Waals surface area contributed by atoms with Crippen LogP contribution < -0.4 is 5.73 Å². The van der Waals surface area contributed by atoms with Gasteiger partial charge in [0.25, 0.3) is 0 Å². The van der Waals surface area contributed by atoms with Gasteiger partial charge in [-0.15, -0.1) is 0 Å². The molecule has 1 heterocycles. The molecule has 2 atom stereocenters. The van der Waals surface area contributed by atoms with Crippen LogP contribution in [0.5, 0.6) is 0 Å². The molecule has 0 aliphatic carbocycles. The molecule has 0 radical (unpaired) electrons. The van der Waals surface area contributed by atoms with E-state index in [9.17, 15) is 0 Å². The second-order valence-electron chi connectivity index (χ2n) is 4.10. The third kappa shape index (κ3) is 1.90. The van der Waals surface area contributed by atoms with Crippen LogP contribution in [0.1, 0.15) is 32.1 Å². The summed E-state index contributed by atoms with van der Waals surface area (Å²) in [4.78, 5) is 0. The smallest absolute Gasteiger partial charge is 0.134 e. The van der Waals surface area contributed by atoms with Gasteiger partial charge in [-0.1, -0.05) is 38.5 Å². The van der Waals surface area contributed by atoms with Gasteiger partial charge in [0.1, 0.15) is 11.3 Å². The number of rotatable bonds is 3. The van der Waals surface area contributed by atoms with Crippen molar-refractivity contribution in [3.8, 4) is 0 Å². The van der Waals surface area contributed by atoms with E-state index in [1.54, 1.807) is 0 Å². The fourth-order valence-electron chi connectivity index (χ4n) is 1.70. The van der Waals surface area contributed by atoms with Crippen molar-refractivity contribution in [2.24, 2.45) is 11.7 Å². The molecule has 15 heavy (non-hydrogen) atoms. The Bertz CT molecular complexity index is 413. The molecule has 2 aromatic rings. The van der Waals surface area contributed by atoms with E-state index in [1.165, 1.54) is 0 Å². The first-order valence-electron chi connectivity index (χ1n) is 5.46. The summed E-state index contributed by atoms with van der Waals surface area (Å²) in [5.74, 6) is 1.34. The summed E-state index contributed by atoms with van der Waals surface area (Å²) in [5, 5.41) is 1.13. The van der Waals surface area contributed by atoms with E-state index in [1.807, 2.05) is 30.3 Å². The molecule has 0 fully saturated rings. The maximum Gasteiger partial charge on any atom is 0.134 e. The highest BCUT2D eigenvalue weighted by molar-refractivity contribution is 5.77. The van der Waals surface area contributed by atoms with Gasteiger partial charge in [-0.3, -0.25) is 0 Å². The van der Waals surface area contributed by atoms with Crippen molar-refractivity contribution < 1.29 is 4.42 Å². The SMILES string of the molecule is CCC(C)[C@@H](N)c1cc2ccccc2o1. The van der Waals surface area contributed by atoms with Gasteiger partial charge < -0.3 is 10.2 Å². The van der Waals surface area contributed by atoms with Crippen molar-refractivity contribution in [2.45, 2.75) is 26.3 Å². The lowest BCUT2D eigenvalue weighted by Gasteiger charge is -2.15. The monoisotopic (exact) mass is 203 g/mol. The second-order valence-corrected chi connectivity index (χ2v) is 4.10. The van der Waals surface area contributed by atoms with E-state index in [2.05, 4.69) is 13.8 Å². The van der Waals surface area contributed by atoms with Crippen molar-refractivity contribution in [1.29, 1.82) is 0 Å². The van der Waals surface area contributed by atoms with Crippen LogP contribution in [0.4, 0.5) is 0 Å². The molecule has 0 saturated carbocycles. The zero-order valence-corrected chi connectivity index (χ0v) is 9.23. The number of para-hydroxylation sites is 1. The van der Waals surface area contributed by atoms with Crippen LogP contribution in [0.3, 0.4) is 0 Å². The van der Waals surface area contributed by atoms with Crippen LogP contribution in [0, 0.1) is 5.92 Å². The number of hydrogen-bond donors (Lipinski definition) is 1. The molecule has 0 amide bonds. The summed E-state index contributed by atoms with van der Waals surface area (Å²) in [7, 11) is 0. The largest absolute Gasteiger partial charge is 0.459 e. The summed E-state index contributed by atoms with van der Waals surface area (Å²) in [6.07, 6.45) is 1.07. The van der Waals surface area contributed by atoms with Crippen molar-refractivity contribution in [3.05, 3.63) is 36.1 Å². The highest BCUT2D eigenvalue weighted by Gasteiger charge is 2.17. The van der Waals surface area contributed by atoms with E-state index >= 15 is 0 Å². The minimum Gasteiger partial charge on any atom is -0.459 e. The third-order valence-electron chi connectivity index (χ3n) is 3.03. The average Bonchev–Trinajstić information content (AvgIpc) is 2.70. The van der Waals surface area contributed by atoms with Gasteiger partial charge in [-0.25, -0.2) is 0 Å². The molecular weight excluding hydrogens is 186 g/mol. The van der Waals surface area contributed by atoms with Crippen LogP contribution in [0.2, 0.25) is 0 Å². The van der Waals surface area contributed by atoms with Crippen LogP contribution in [-0.4, -0.2) is 0 Å². The molecule has 2 nitrogen and oxygen atoms in total. The zero-order valence-electron chi connectivity index (χ0n) is 9.23. The maximum absolute atomic E-state index is 6.12. The number of nitrogens with two attached hydrogens (primary N) is 1. The Balaban J connectivity index is 2.36. The minimum atomic E-state index is 0.00222. The molecule has 1 aromatic heterocycles. The van der Waals surface area contributed by atoms with E-state index in [0.29, 0.717) is 5.92 Å². The van der Waals surface area contributed by atoms with Gasteiger partial charge in [0.2, 0.25) is 0 Å². The van der Waals surface area contributed by atoms with Crippen molar-refractivity contribution in [2.75, 3.05) is 0 Å². The Hall–Kier alpha value is -1.28. The summed E-state index contributed by atoms with van der Waals surface area (Å²) in [6, 6.07) is 10.1. The Morgan fingerprint density at radius 2 is 2.07 bits per heavy atom. The van der Waals surface area contributed by atoms with Crippen LogP contribution >= 0.6 is 0 Å². The standard InChI is InChI=1S/C13H17NO/c1-3-9(2)13(14)12-8-10-6-4-5-7-11(10)15-12/h4-9,13H,3,14H2,1-2H3/t9?,13-/m1/s1. The lowest BCUT2D eigenvalue weighted by atomic mass is 9.98. The number of furan rings is 1. The van der Waals surface area contributed by atoms with Gasteiger partial charge in [-0.2, -0.15) is 0 Å². The Labute approximate surface area is 90.1 Å². The molecule has 1 aromatic carbocycles. The van der Waals surface area contributed by atoms with Crippen LogP contribution in [-0.2, 0) is 0 Å². The molecular formula is C13H17NO. The minimum absolute atomic E-state index is 0.00222. The fraction of sp³-hybridized carbons (Fsp3) is 0.385. The Kier molecular flexibility index (Phi) is 2.78.